The third-order valence-corrected chi connectivity index (χ3v) is 2.44. The van der Waals surface area contributed by atoms with E-state index in [4.69, 9.17) is 10.5 Å². The number of anilines is 1. The Labute approximate surface area is 81.3 Å². The molecule has 1 aliphatic rings. The van der Waals surface area contributed by atoms with Gasteiger partial charge in [0.25, 0.3) is 5.56 Å². The Morgan fingerprint density at radius 1 is 1.64 bits per heavy atom. The maximum atomic E-state index is 11.4. The van der Waals surface area contributed by atoms with Gasteiger partial charge >= 0.3 is 0 Å². The van der Waals surface area contributed by atoms with Gasteiger partial charge in [0.1, 0.15) is 17.7 Å². The van der Waals surface area contributed by atoms with Gasteiger partial charge in [0, 0.05) is 6.61 Å². The van der Waals surface area contributed by atoms with Crippen molar-refractivity contribution in [3.05, 3.63) is 21.7 Å². The number of hydrogen-bond donors (Lipinski definition) is 2. The highest BCUT2D eigenvalue weighted by Gasteiger charge is 2.20. The van der Waals surface area contributed by atoms with E-state index >= 15 is 0 Å². The van der Waals surface area contributed by atoms with E-state index in [0.717, 1.165) is 19.4 Å². The minimum atomic E-state index is -0.178. The van der Waals surface area contributed by atoms with Crippen molar-refractivity contribution >= 4 is 5.82 Å². The Balaban J connectivity index is 2.39. The van der Waals surface area contributed by atoms with Crippen molar-refractivity contribution in [1.29, 1.82) is 0 Å². The van der Waals surface area contributed by atoms with E-state index in [1.165, 1.54) is 0 Å². The Hall–Kier alpha value is -1.36. The summed E-state index contributed by atoms with van der Waals surface area (Å²) >= 11 is 0. The summed E-state index contributed by atoms with van der Waals surface area (Å²) in [4.78, 5) is 18.2. The number of nitrogens with one attached hydrogen (secondary N) is 1. The number of nitrogen functional groups attached to an aromatic ring is 1. The largest absolute Gasteiger partial charge is 0.383 e. The summed E-state index contributed by atoms with van der Waals surface area (Å²) in [5, 5.41) is 0. The minimum Gasteiger partial charge on any atom is -0.383 e. The highest BCUT2D eigenvalue weighted by molar-refractivity contribution is 5.36. The fourth-order valence-corrected chi connectivity index (χ4v) is 1.51. The normalized spacial score (nSPS) is 21.4. The van der Waals surface area contributed by atoms with E-state index in [-0.39, 0.29) is 11.7 Å². The minimum absolute atomic E-state index is 0.0920. The SMILES string of the molecule is Cc1c(N)nc(C2CCCO2)[nH]c1=O. The number of ether oxygens (including phenoxy) is 1. The van der Waals surface area contributed by atoms with Crippen LogP contribution in [0.25, 0.3) is 0 Å². The van der Waals surface area contributed by atoms with Crippen LogP contribution in [0.15, 0.2) is 4.79 Å². The highest BCUT2D eigenvalue weighted by Crippen LogP contribution is 2.25. The zero-order chi connectivity index (χ0) is 10.1. The van der Waals surface area contributed by atoms with Crippen LogP contribution in [0.4, 0.5) is 5.82 Å². The molecule has 0 amide bonds. The van der Waals surface area contributed by atoms with Gasteiger partial charge in [-0.1, -0.05) is 0 Å². The molecule has 1 saturated heterocycles. The van der Waals surface area contributed by atoms with Crippen molar-refractivity contribution in [2.75, 3.05) is 12.3 Å². The average molecular weight is 195 g/mol. The standard InChI is InChI=1S/C9H13N3O2/c1-5-7(10)11-8(12-9(5)13)6-3-2-4-14-6/h6H,2-4H2,1H3,(H3,10,11,12,13). The molecule has 14 heavy (non-hydrogen) atoms. The van der Waals surface area contributed by atoms with Gasteiger partial charge in [-0.15, -0.1) is 0 Å². The Morgan fingerprint density at radius 2 is 2.43 bits per heavy atom. The molecule has 1 aliphatic heterocycles. The second-order valence-corrected chi connectivity index (χ2v) is 3.46. The Morgan fingerprint density at radius 3 is 3.00 bits per heavy atom. The molecule has 1 unspecified atom stereocenters. The molecule has 1 aromatic rings. The molecule has 5 nitrogen and oxygen atoms in total. The van der Waals surface area contributed by atoms with E-state index < -0.39 is 0 Å². The van der Waals surface area contributed by atoms with Gasteiger partial charge in [-0.05, 0) is 19.8 Å². The second kappa shape index (κ2) is 3.42. The fraction of sp³-hybridized carbons (Fsp3) is 0.556. The maximum Gasteiger partial charge on any atom is 0.255 e. The Kier molecular flexibility index (Phi) is 2.25. The first kappa shape index (κ1) is 9.21. The average Bonchev–Trinajstić information content (AvgIpc) is 2.66. The Bertz CT molecular complexity index is 394. The lowest BCUT2D eigenvalue weighted by Crippen LogP contribution is -2.19. The third-order valence-electron chi connectivity index (χ3n) is 2.44. The molecular formula is C9H13N3O2. The predicted octanol–water partition coefficient (Wildman–Crippen LogP) is 0.512. The third kappa shape index (κ3) is 1.50. The molecule has 0 aliphatic carbocycles. The van der Waals surface area contributed by atoms with E-state index in [1.54, 1.807) is 6.92 Å². The highest BCUT2D eigenvalue weighted by atomic mass is 16.5. The van der Waals surface area contributed by atoms with Crippen LogP contribution < -0.4 is 11.3 Å². The van der Waals surface area contributed by atoms with Gasteiger partial charge in [-0.25, -0.2) is 4.98 Å². The lowest BCUT2D eigenvalue weighted by Gasteiger charge is -2.09. The molecule has 0 bridgehead atoms. The van der Waals surface area contributed by atoms with Gasteiger partial charge in [-0.3, -0.25) is 4.79 Å². The number of hydrogen-bond acceptors (Lipinski definition) is 4. The predicted molar refractivity (Wildman–Crippen MR) is 51.9 cm³/mol. The first-order valence-corrected chi connectivity index (χ1v) is 4.66. The maximum absolute atomic E-state index is 11.4. The lowest BCUT2D eigenvalue weighted by molar-refractivity contribution is 0.105. The summed E-state index contributed by atoms with van der Waals surface area (Å²) in [5.74, 6) is 0.842. The van der Waals surface area contributed by atoms with Gasteiger partial charge < -0.3 is 15.5 Å². The zero-order valence-electron chi connectivity index (χ0n) is 8.04. The molecule has 0 saturated carbocycles. The summed E-state index contributed by atoms with van der Waals surface area (Å²) in [5.41, 5.74) is 5.89. The molecule has 2 rings (SSSR count). The summed E-state index contributed by atoms with van der Waals surface area (Å²) in [6.45, 7) is 2.38. The number of H-pyrrole nitrogens is 1. The van der Waals surface area contributed by atoms with Crippen molar-refractivity contribution < 1.29 is 4.74 Å². The summed E-state index contributed by atoms with van der Waals surface area (Å²) in [7, 11) is 0. The van der Waals surface area contributed by atoms with Gasteiger partial charge in [0.05, 0.1) is 5.56 Å². The van der Waals surface area contributed by atoms with E-state index in [0.29, 0.717) is 17.2 Å². The first-order valence-electron chi connectivity index (χ1n) is 4.66. The van der Waals surface area contributed by atoms with Crippen LogP contribution in [0, 0.1) is 6.92 Å². The zero-order valence-corrected chi connectivity index (χ0v) is 8.04. The quantitative estimate of drug-likeness (QED) is 0.684. The van der Waals surface area contributed by atoms with Gasteiger partial charge in [-0.2, -0.15) is 0 Å². The molecule has 0 radical (unpaired) electrons. The monoisotopic (exact) mass is 195 g/mol. The molecule has 1 atom stereocenters. The first-order chi connectivity index (χ1) is 6.68. The molecule has 2 heterocycles. The second-order valence-electron chi connectivity index (χ2n) is 3.46. The summed E-state index contributed by atoms with van der Waals surface area (Å²) < 4.78 is 5.40. The number of aromatic amines is 1. The van der Waals surface area contributed by atoms with Crippen LogP contribution in [-0.4, -0.2) is 16.6 Å². The number of rotatable bonds is 1. The van der Waals surface area contributed by atoms with Crippen molar-refractivity contribution in [1.82, 2.24) is 9.97 Å². The van der Waals surface area contributed by atoms with Crippen LogP contribution in [0.5, 0.6) is 0 Å². The molecule has 1 aromatic heterocycles. The molecule has 3 N–H and O–H groups in total. The fourth-order valence-electron chi connectivity index (χ4n) is 1.51. The van der Waals surface area contributed by atoms with Crippen LogP contribution >= 0.6 is 0 Å². The van der Waals surface area contributed by atoms with Crippen LogP contribution in [0.2, 0.25) is 0 Å². The molecule has 0 spiro atoms. The van der Waals surface area contributed by atoms with Crippen molar-refractivity contribution in [3.63, 3.8) is 0 Å². The topological polar surface area (TPSA) is 81.0 Å². The van der Waals surface area contributed by atoms with Gasteiger partial charge in [0.2, 0.25) is 0 Å². The van der Waals surface area contributed by atoms with E-state index in [2.05, 4.69) is 9.97 Å². The van der Waals surface area contributed by atoms with Crippen molar-refractivity contribution in [3.8, 4) is 0 Å². The van der Waals surface area contributed by atoms with Crippen molar-refractivity contribution in [2.24, 2.45) is 0 Å². The number of aromatic nitrogens is 2. The molecule has 5 heteroatoms. The molecule has 76 valence electrons. The number of nitrogens with zero attached hydrogens (tertiary/aromatic N) is 1. The lowest BCUT2D eigenvalue weighted by atomic mass is 10.2. The smallest absolute Gasteiger partial charge is 0.255 e. The summed E-state index contributed by atoms with van der Waals surface area (Å²) in [6.07, 6.45) is 1.80. The van der Waals surface area contributed by atoms with E-state index in [1.807, 2.05) is 0 Å². The van der Waals surface area contributed by atoms with Crippen molar-refractivity contribution in [2.45, 2.75) is 25.9 Å². The summed E-state index contributed by atoms with van der Waals surface area (Å²) in [6, 6.07) is 0. The number of nitrogens with two attached hydrogens (primary N) is 1. The molecular weight excluding hydrogens is 182 g/mol. The van der Waals surface area contributed by atoms with Crippen LogP contribution in [-0.2, 0) is 4.74 Å². The molecule has 0 aromatic carbocycles. The molecule has 1 fully saturated rings. The van der Waals surface area contributed by atoms with Gasteiger partial charge in [0.15, 0.2) is 0 Å². The van der Waals surface area contributed by atoms with Crippen LogP contribution in [0.3, 0.4) is 0 Å². The van der Waals surface area contributed by atoms with E-state index in [9.17, 15) is 4.79 Å². The van der Waals surface area contributed by atoms with Crippen LogP contribution in [0.1, 0.15) is 30.3 Å².